The summed E-state index contributed by atoms with van der Waals surface area (Å²) in [4.78, 5) is 50.2. The van der Waals surface area contributed by atoms with Gasteiger partial charge < -0.3 is 10.1 Å². The van der Waals surface area contributed by atoms with Gasteiger partial charge in [-0.2, -0.15) is 0 Å². The second kappa shape index (κ2) is 7.84. The Kier molecular flexibility index (Phi) is 5.83. The zero-order valence-corrected chi connectivity index (χ0v) is 13.4. The number of nitrogens with zero attached hydrogens (tertiary/aromatic N) is 2. The standard InChI is InChI=1S/C14H17N3O5S/c1-22-7-5-15-11(18)9-17-13(20)12(19)16(14(17)21)6-4-10-3-2-8-23-10/h2-3,8H,4-7,9H2,1H3,(H,15,18). The molecule has 1 aromatic rings. The van der Waals surface area contributed by atoms with Crippen LogP contribution in [0.2, 0.25) is 0 Å². The Bertz CT molecular complexity index is 602. The van der Waals surface area contributed by atoms with Crippen LogP contribution in [0.5, 0.6) is 0 Å². The van der Waals surface area contributed by atoms with Gasteiger partial charge in [-0.1, -0.05) is 6.07 Å². The molecule has 1 aromatic heterocycles. The van der Waals surface area contributed by atoms with Crippen molar-refractivity contribution in [3.8, 4) is 0 Å². The summed E-state index contributed by atoms with van der Waals surface area (Å²) in [7, 11) is 1.49. The van der Waals surface area contributed by atoms with Crippen LogP contribution < -0.4 is 5.32 Å². The maximum atomic E-state index is 12.2. The molecule has 1 aliphatic heterocycles. The lowest BCUT2D eigenvalue weighted by Gasteiger charge is -2.15. The van der Waals surface area contributed by atoms with E-state index in [9.17, 15) is 19.2 Å². The first-order valence-corrected chi connectivity index (χ1v) is 7.88. The highest BCUT2D eigenvalue weighted by atomic mass is 32.1. The molecular formula is C14H17N3O5S. The van der Waals surface area contributed by atoms with E-state index in [1.807, 2.05) is 17.5 Å². The molecule has 1 saturated heterocycles. The predicted octanol–water partition coefficient (Wildman–Crippen LogP) is -0.156. The molecule has 2 rings (SSSR count). The molecule has 8 nitrogen and oxygen atoms in total. The molecule has 9 heteroatoms. The van der Waals surface area contributed by atoms with Gasteiger partial charge in [-0.3, -0.25) is 19.3 Å². The van der Waals surface area contributed by atoms with Crippen molar-refractivity contribution < 1.29 is 23.9 Å². The van der Waals surface area contributed by atoms with Gasteiger partial charge >= 0.3 is 17.8 Å². The molecule has 0 atom stereocenters. The summed E-state index contributed by atoms with van der Waals surface area (Å²) in [6.07, 6.45) is 0.482. The van der Waals surface area contributed by atoms with Crippen LogP contribution in [0, 0.1) is 0 Å². The highest BCUT2D eigenvalue weighted by Gasteiger charge is 2.44. The Labute approximate surface area is 137 Å². The number of carbonyl (C=O) groups excluding carboxylic acids is 4. The Morgan fingerprint density at radius 1 is 1.26 bits per heavy atom. The zero-order chi connectivity index (χ0) is 16.8. The van der Waals surface area contributed by atoms with Gasteiger partial charge in [-0.25, -0.2) is 9.69 Å². The Morgan fingerprint density at radius 3 is 2.65 bits per heavy atom. The van der Waals surface area contributed by atoms with Crippen molar-refractivity contribution in [2.75, 3.05) is 33.4 Å². The summed E-state index contributed by atoms with van der Waals surface area (Å²) in [5.41, 5.74) is 0. The number of imide groups is 2. The van der Waals surface area contributed by atoms with Gasteiger partial charge in [0.25, 0.3) is 0 Å². The molecule has 23 heavy (non-hydrogen) atoms. The van der Waals surface area contributed by atoms with Crippen LogP contribution in [0.4, 0.5) is 4.79 Å². The Hall–Kier alpha value is -2.26. The number of thiophene rings is 1. The maximum Gasteiger partial charge on any atom is 0.334 e. The van der Waals surface area contributed by atoms with Crippen molar-refractivity contribution in [1.82, 2.24) is 15.1 Å². The number of rotatable bonds is 8. The van der Waals surface area contributed by atoms with Gasteiger partial charge in [0.2, 0.25) is 5.91 Å². The van der Waals surface area contributed by atoms with Gasteiger partial charge in [0.15, 0.2) is 0 Å². The number of carbonyl (C=O) groups is 4. The molecule has 2 heterocycles. The second-order valence-electron chi connectivity index (χ2n) is 4.80. The lowest BCUT2D eigenvalue weighted by Crippen LogP contribution is -2.42. The highest BCUT2D eigenvalue weighted by Crippen LogP contribution is 2.15. The average molecular weight is 339 g/mol. The van der Waals surface area contributed by atoms with Crippen molar-refractivity contribution in [3.63, 3.8) is 0 Å². The number of hydrogen-bond donors (Lipinski definition) is 1. The van der Waals surface area contributed by atoms with Crippen molar-refractivity contribution in [2.24, 2.45) is 0 Å². The molecule has 0 aromatic carbocycles. The van der Waals surface area contributed by atoms with Gasteiger partial charge in [0.1, 0.15) is 6.54 Å². The van der Waals surface area contributed by atoms with E-state index in [0.717, 1.165) is 9.78 Å². The summed E-state index contributed by atoms with van der Waals surface area (Å²) in [6.45, 7) is 0.232. The van der Waals surface area contributed by atoms with E-state index in [4.69, 9.17) is 4.74 Å². The first-order chi connectivity index (χ1) is 11.0. The fourth-order valence-electron chi connectivity index (χ4n) is 2.06. The molecule has 0 saturated carbocycles. The second-order valence-corrected chi connectivity index (χ2v) is 5.84. The lowest BCUT2D eigenvalue weighted by atomic mass is 10.3. The van der Waals surface area contributed by atoms with Crippen LogP contribution in [-0.2, 0) is 25.5 Å². The molecule has 1 aliphatic rings. The van der Waals surface area contributed by atoms with Gasteiger partial charge in [0, 0.05) is 31.5 Å². The largest absolute Gasteiger partial charge is 0.383 e. The van der Waals surface area contributed by atoms with Crippen LogP contribution in [-0.4, -0.2) is 66.9 Å². The van der Waals surface area contributed by atoms with Crippen LogP contribution >= 0.6 is 11.3 Å². The third-order valence-corrected chi connectivity index (χ3v) is 4.16. The number of nitrogens with one attached hydrogen (secondary N) is 1. The number of ether oxygens (including phenoxy) is 1. The van der Waals surface area contributed by atoms with E-state index >= 15 is 0 Å². The van der Waals surface area contributed by atoms with Crippen molar-refractivity contribution in [3.05, 3.63) is 22.4 Å². The monoisotopic (exact) mass is 339 g/mol. The normalized spacial score (nSPS) is 14.7. The van der Waals surface area contributed by atoms with Gasteiger partial charge in [-0.15, -0.1) is 11.3 Å². The number of urea groups is 1. The first kappa shape index (κ1) is 17.1. The smallest absolute Gasteiger partial charge is 0.334 e. The van der Waals surface area contributed by atoms with Crippen LogP contribution in [0.1, 0.15) is 4.88 Å². The molecule has 0 bridgehead atoms. The lowest BCUT2D eigenvalue weighted by molar-refractivity contribution is -0.144. The van der Waals surface area contributed by atoms with E-state index in [0.29, 0.717) is 17.9 Å². The molecule has 1 N–H and O–H groups in total. The number of amides is 5. The summed E-state index contributed by atoms with van der Waals surface area (Å²) in [5.74, 6) is -2.38. The highest BCUT2D eigenvalue weighted by molar-refractivity contribution is 7.09. The molecule has 0 spiro atoms. The van der Waals surface area contributed by atoms with E-state index in [-0.39, 0.29) is 13.1 Å². The van der Waals surface area contributed by atoms with E-state index in [2.05, 4.69) is 5.32 Å². The first-order valence-electron chi connectivity index (χ1n) is 7.00. The van der Waals surface area contributed by atoms with Crippen LogP contribution in [0.25, 0.3) is 0 Å². The van der Waals surface area contributed by atoms with Crippen LogP contribution in [0.3, 0.4) is 0 Å². The maximum absolute atomic E-state index is 12.2. The van der Waals surface area contributed by atoms with Gasteiger partial charge in [-0.05, 0) is 11.4 Å². The van der Waals surface area contributed by atoms with Crippen molar-refractivity contribution in [1.29, 1.82) is 0 Å². The van der Waals surface area contributed by atoms with Crippen molar-refractivity contribution >= 4 is 35.1 Å². The molecule has 0 aliphatic carbocycles. The topological polar surface area (TPSA) is 96.0 Å². The van der Waals surface area contributed by atoms with E-state index in [1.165, 1.54) is 18.4 Å². The quantitative estimate of drug-likeness (QED) is 0.403. The minimum Gasteiger partial charge on any atom is -0.383 e. The van der Waals surface area contributed by atoms with E-state index < -0.39 is 30.3 Å². The molecule has 5 amide bonds. The minimum absolute atomic E-state index is 0.117. The summed E-state index contributed by atoms with van der Waals surface area (Å²) >= 11 is 1.51. The third-order valence-electron chi connectivity index (χ3n) is 3.23. The molecule has 1 fully saturated rings. The number of hydrogen-bond acceptors (Lipinski definition) is 6. The van der Waals surface area contributed by atoms with Gasteiger partial charge in [0.05, 0.1) is 6.61 Å². The van der Waals surface area contributed by atoms with E-state index in [1.54, 1.807) is 0 Å². The summed E-state index contributed by atoms with van der Waals surface area (Å²) < 4.78 is 4.78. The Balaban J connectivity index is 1.91. The number of methoxy groups -OCH3 is 1. The minimum atomic E-state index is -0.969. The predicted molar refractivity (Wildman–Crippen MR) is 81.7 cm³/mol. The SMILES string of the molecule is COCCNC(=O)CN1C(=O)C(=O)N(CCc2cccs2)C1=O. The summed E-state index contributed by atoms with van der Waals surface area (Å²) in [6, 6.07) is 3.01. The molecule has 0 radical (unpaired) electrons. The Morgan fingerprint density at radius 2 is 2.00 bits per heavy atom. The average Bonchev–Trinajstić information content (AvgIpc) is 3.10. The molecule has 124 valence electrons. The van der Waals surface area contributed by atoms with Crippen LogP contribution in [0.15, 0.2) is 17.5 Å². The summed E-state index contributed by atoms with van der Waals surface area (Å²) in [5, 5.41) is 4.39. The fourth-order valence-corrected chi connectivity index (χ4v) is 2.75. The molecule has 0 unspecified atom stereocenters. The zero-order valence-electron chi connectivity index (χ0n) is 12.6. The van der Waals surface area contributed by atoms with Crippen molar-refractivity contribution in [2.45, 2.75) is 6.42 Å². The fraction of sp³-hybridized carbons (Fsp3) is 0.429. The third kappa shape index (κ3) is 4.14. The molecular weight excluding hydrogens is 322 g/mol.